The van der Waals surface area contributed by atoms with Crippen LogP contribution in [0.5, 0.6) is 0 Å². The lowest BCUT2D eigenvalue weighted by Crippen LogP contribution is -2.51. The molecule has 0 radical (unpaired) electrons. The van der Waals surface area contributed by atoms with Gasteiger partial charge in [0.1, 0.15) is 12.4 Å². The number of ether oxygens (including phenoxy) is 1. The number of rotatable bonds is 4. The van der Waals surface area contributed by atoms with Crippen LogP contribution < -0.4 is 0 Å². The number of allylic oxidation sites excluding steroid dienone is 1. The zero-order valence-electron chi connectivity index (χ0n) is 19.9. The van der Waals surface area contributed by atoms with Crippen molar-refractivity contribution in [3.63, 3.8) is 0 Å². The van der Waals surface area contributed by atoms with Gasteiger partial charge in [-0.15, -0.1) is 0 Å². The summed E-state index contributed by atoms with van der Waals surface area (Å²) < 4.78 is 5.93. The van der Waals surface area contributed by atoms with E-state index in [1.165, 1.54) is 37.5 Å². The van der Waals surface area contributed by atoms with Crippen LogP contribution in [0, 0.1) is 40.4 Å². The van der Waals surface area contributed by atoms with Crippen LogP contribution in [-0.2, 0) is 9.53 Å². The van der Waals surface area contributed by atoms with Gasteiger partial charge >= 0.3 is 5.97 Å². The average Bonchev–Trinajstić information content (AvgIpc) is 3.16. The summed E-state index contributed by atoms with van der Waals surface area (Å²) in [4.78, 5) is 24.2. The lowest BCUT2D eigenvalue weighted by atomic mass is 9.47. The Morgan fingerprint density at radius 3 is 2.59 bits per heavy atom. The Kier molecular flexibility index (Phi) is 5.58. The second-order valence-corrected chi connectivity index (χ2v) is 11.6. The van der Waals surface area contributed by atoms with Crippen LogP contribution >= 0.6 is 0 Å². The molecule has 32 heavy (non-hydrogen) atoms. The van der Waals surface area contributed by atoms with Crippen LogP contribution in [0.2, 0.25) is 0 Å². The molecule has 1 aromatic rings. The molecule has 8 atom stereocenters. The summed E-state index contributed by atoms with van der Waals surface area (Å²) in [5.74, 6) is 2.77. The molecule has 4 aliphatic carbocycles. The summed E-state index contributed by atoms with van der Waals surface area (Å²) in [7, 11) is 0. The maximum Gasteiger partial charge on any atom is 0.338 e. The summed E-state index contributed by atoms with van der Waals surface area (Å²) >= 11 is 0. The van der Waals surface area contributed by atoms with Crippen LogP contribution in [0.1, 0.15) is 82.5 Å². The number of benzene rings is 1. The van der Waals surface area contributed by atoms with Gasteiger partial charge in [-0.05, 0) is 91.6 Å². The molecule has 3 heteroatoms. The number of fused-ring (bicyclic) bond motifs is 5. The number of esters is 1. The number of aldehydes is 1. The van der Waals surface area contributed by atoms with Gasteiger partial charge in [0.25, 0.3) is 0 Å². The molecule has 0 spiro atoms. The molecule has 3 saturated carbocycles. The Bertz CT molecular complexity index is 904. The molecule has 0 bridgehead atoms. The lowest BCUT2D eigenvalue weighted by molar-refractivity contribution is -0.115. The monoisotopic (exact) mass is 434 g/mol. The third-order valence-electron chi connectivity index (χ3n) is 10.3. The van der Waals surface area contributed by atoms with Crippen molar-refractivity contribution in [1.29, 1.82) is 0 Å². The van der Waals surface area contributed by atoms with E-state index in [1.807, 2.05) is 30.3 Å². The molecule has 5 rings (SSSR count). The highest BCUT2D eigenvalue weighted by Gasteiger charge is 2.59. The zero-order valence-corrected chi connectivity index (χ0v) is 19.9. The van der Waals surface area contributed by atoms with Crippen molar-refractivity contribution in [2.45, 2.75) is 78.2 Å². The highest BCUT2D eigenvalue weighted by Crippen LogP contribution is 2.67. The second-order valence-electron chi connectivity index (χ2n) is 11.6. The van der Waals surface area contributed by atoms with Crippen molar-refractivity contribution < 1.29 is 14.3 Å². The van der Waals surface area contributed by atoms with Gasteiger partial charge in [0.15, 0.2) is 0 Å². The van der Waals surface area contributed by atoms with Gasteiger partial charge in [-0.25, -0.2) is 4.79 Å². The van der Waals surface area contributed by atoms with Crippen molar-refractivity contribution in [1.82, 2.24) is 0 Å². The molecule has 3 nitrogen and oxygen atoms in total. The molecule has 0 aliphatic heterocycles. The standard InChI is InChI=1S/C29H38O3/c1-19(18-30)24-11-12-25-23-10-9-21-17-22(32-27(31)20-7-5-4-6-8-20)13-15-28(21,2)26(23)14-16-29(24,25)3/h4-9,18-19,22-26H,10-17H2,1-3H3/t19?,22?,23-,24+,25-,26-,28-,29+/m0/s1. The normalized spacial score (nSPS) is 41.5. The van der Waals surface area contributed by atoms with E-state index in [-0.39, 0.29) is 23.4 Å². The molecule has 2 unspecified atom stereocenters. The van der Waals surface area contributed by atoms with Crippen molar-refractivity contribution in [3.05, 3.63) is 47.5 Å². The van der Waals surface area contributed by atoms with Gasteiger partial charge in [0.2, 0.25) is 0 Å². The number of carbonyl (C=O) groups excluding carboxylic acids is 2. The second kappa shape index (κ2) is 8.15. The first kappa shape index (κ1) is 21.9. The van der Waals surface area contributed by atoms with Gasteiger partial charge in [0, 0.05) is 12.3 Å². The quantitative estimate of drug-likeness (QED) is 0.304. The average molecular weight is 435 g/mol. The third-order valence-corrected chi connectivity index (χ3v) is 10.3. The van der Waals surface area contributed by atoms with Gasteiger partial charge in [-0.2, -0.15) is 0 Å². The largest absolute Gasteiger partial charge is 0.458 e. The van der Waals surface area contributed by atoms with Crippen molar-refractivity contribution in [3.8, 4) is 0 Å². The van der Waals surface area contributed by atoms with Crippen molar-refractivity contribution >= 4 is 12.3 Å². The minimum absolute atomic E-state index is 0.00302. The van der Waals surface area contributed by atoms with E-state index in [0.29, 0.717) is 16.9 Å². The van der Waals surface area contributed by atoms with Crippen LogP contribution in [-0.4, -0.2) is 18.4 Å². The zero-order chi connectivity index (χ0) is 22.5. The lowest BCUT2D eigenvalue weighted by Gasteiger charge is -2.58. The highest BCUT2D eigenvalue weighted by atomic mass is 16.5. The maximum atomic E-state index is 12.6. The molecule has 3 fully saturated rings. The molecule has 0 saturated heterocycles. The Labute approximate surface area is 193 Å². The Morgan fingerprint density at radius 1 is 1.06 bits per heavy atom. The fraction of sp³-hybridized carbons (Fsp3) is 0.655. The summed E-state index contributed by atoms with van der Waals surface area (Å²) in [6.45, 7) is 7.12. The first-order valence-corrected chi connectivity index (χ1v) is 12.8. The van der Waals surface area contributed by atoms with Gasteiger partial charge < -0.3 is 9.53 Å². The van der Waals surface area contributed by atoms with Gasteiger partial charge in [-0.1, -0.05) is 50.6 Å². The van der Waals surface area contributed by atoms with E-state index in [4.69, 9.17) is 4.74 Å². The first-order chi connectivity index (χ1) is 15.4. The Balaban J connectivity index is 1.32. The molecule has 4 aliphatic rings. The summed E-state index contributed by atoms with van der Waals surface area (Å²) in [5.41, 5.74) is 2.75. The number of hydrogen-bond acceptors (Lipinski definition) is 3. The smallest absolute Gasteiger partial charge is 0.338 e. The fourth-order valence-electron chi connectivity index (χ4n) is 8.52. The molecule has 1 aromatic carbocycles. The number of carbonyl (C=O) groups is 2. The topological polar surface area (TPSA) is 43.4 Å². The van der Waals surface area contributed by atoms with E-state index in [9.17, 15) is 9.59 Å². The van der Waals surface area contributed by atoms with E-state index in [1.54, 1.807) is 0 Å². The molecule has 172 valence electrons. The van der Waals surface area contributed by atoms with Gasteiger partial charge in [-0.3, -0.25) is 0 Å². The van der Waals surface area contributed by atoms with Crippen LogP contribution in [0.25, 0.3) is 0 Å². The van der Waals surface area contributed by atoms with E-state index in [2.05, 4.69) is 26.8 Å². The van der Waals surface area contributed by atoms with Crippen LogP contribution in [0.4, 0.5) is 0 Å². The van der Waals surface area contributed by atoms with Crippen molar-refractivity contribution in [2.24, 2.45) is 40.4 Å². The predicted octanol–water partition coefficient (Wildman–Crippen LogP) is 6.63. The van der Waals surface area contributed by atoms with E-state index >= 15 is 0 Å². The third kappa shape index (κ3) is 3.38. The highest BCUT2D eigenvalue weighted by molar-refractivity contribution is 5.89. The minimum Gasteiger partial charge on any atom is -0.458 e. The molecule has 0 amide bonds. The molecule has 0 heterocycles. The Hall–Kier alpha value is -1.90. The summed E-state index contributed by atoms with van der Waals surface area (Å²) in [6, 6.07) is 9.36. The summed E-state index contributed by atoms with van der Waals surface area (Å²) in [6.07, 6.45) is 12.9. The maximum absolute atomic E-state index is 12.6. The Morgan fingerprint density at radius 2 is 1.84 bits per heavy atom. The van der Waals surface area contributed by atoms with E-state index in [0.717, 1.165) is 43.4 Å². The van der Waals surface area contributed by atoms with Crippen molar-refractivity contribution in [2.75, 3.05) is 0 Å². The summed E-state index contributed by atoms with van der Waals surface area (Å²) in [5, 5.41) is 0. The molecule has 0 N–H and O–H groups in total. The van der Waals surface area contributed by atoms with Crippen LogP contribution in [0.3, 0.4) is 0 Å². The van der Waals surface area contributed by atoms with Gasteiger partial charge in [0.05, 0.1) is 5.56 Å². The minimum atomic E-state index is -0.191. The van der Waals surface area contributed by atoms with E-state index < -0.39 is 0 Å². The SMILES string of the molecule is CC(C=O)[C@H]1CC[C@H]2[C@@H]3CC=C4CC(OC(=O)c5ccccc5)CC[C@]4(C)[C@H]3CC[C@]12C. The molecular weight excluding hydrogens is 396 g/mol. The van der Waals surface area contributed by atoms with Crippen LogP contribution in [0.15, 0.2) is 42.0 Å². The number of hydrogen-bond donors (Lipinski definition) is 0. The first-order valence-electron chi connectivity index (χ1n) is 12.8. The molecular formula is C29H38O3. The molecule has 0 aromatic heterocycles. The predicted molar refractivity (Wildman–Crippen MR) is 126 cm³/mol. The fourth-order valence-corrected chi connectivity index (χ4v) is 8.52.